The van der Waals surface area contributed by atoms with Crippen LogP contribution in [0.5, 0.6) is 0 Å². The Labute approximate surface area is 176 Å². The van der Waals surface area contributed by atoms with Crippen LogP contribution in [0.15, 0.2) is 23.3 Å². The molecule has 0 saturated carbocycles. The van der Waals surface area contributed by atoms with E-state index in [9.17, 15) is 0 Å². The summed E-state index contributed by atoms with van der Waals surface area (Å²) in [5, 5.41) is 6.65. The fourth-order valence-electron chi connectivity index (χ4n) is 2.44. The van der Waals surface area contributed by atoms with Gasteiger partial charge in [-0.2, -0.15) is 0 Å². The number of pyridine rings is 1. The molecular formula is C19H36IN5O. The Balaban J connectivity index is 0.00000625. The second kappa shape index (κ2) is 16.1. The molecule has 1 rings (SSSR count). The average Bonchev–Trinajstić information content (AvgIpc) is 2.64. The summed E-state index contributed by atoms with van der Waals surface area (Å²) in [4.78, 5) is 11.4. The van der Waals surface area contributed by atoms with Crippen molar-refractivity contribution in [2.75, 3.05) is 44.3 Å². The summed E-state index contributed by atoms with van der Waals surface area (Å²) in [5.41, 5.74) is 1.12. The molecule has 1 aromatic rings. The number of nitrogens with zero attached hydrogens (tertiary/aromatic N) is 3. The molecule has 0 aliphatic carbocycles. The molecule has 0 bridgehead atoms. The Hall–Kier alpha value is -1.09. The number of hydrogen-bond donors (Lipinski definition) is 2. The van der Waals surface area contributed by atoms with Gasteiger partial charge in [-0.3, -0.25) is 0 Å². The van der Waals surface area contributed by atoms with Crippen molar-refractivity contribution < 1.29 is 4.74 Å². The first-order chi connectivity index (χ1) is 12.2. The topological polar surface area (TPSA) is 61.8 Å². The van der Waals surface area contributed by atoms with Crippen molar-refractivity contribution in [2.45, 2.75) is 47.1 Å². The maximum Gasteiger partial charge on any atom is 0.191 e. The van der Waals surface area contributed by atoms with Crippen LogP contribution in [-0.2, 0) is 11.3 Å². The number of guanidine groups is 1. The molecule has 7 heteroatoms. The van der Waals surface area contributed by atoms with Gasteiger partial charge in [-0.25, -0.2) is 9.98 Å². The maximum atomic E-state index is 5.35. The summed E-state index contributed by atoms with van der Waals surface area (Å²) < 4.78 is 5.35. The van der Waals surface area contributed by atoms with E-state index in [-0.39, 0.29) is 24.0 Å². The zero-order valence-corrected chi connectivity index (χ0v) is 19.1. The van der Waals surface area contributed by atoms with Gasteiger partial charge in [0.2, 0.25) is 0 Å². The van der Waals surface area contributed by atoms with Crippen LogP contribution in [0.4, 0.5) is 5.82 Å². The maximum absolute atomic E-state index is 5.35. The molecule has 0 radical (unpaired) electrons. The minimum absolute atomic E-state index is 0. The Morgan fingerprint density at radius 3 is 2.46 bits per heavy atom. The Morgan fingerprint density at radius 1 is 1.12 bits per heavy atom. The predicted octanol–water partition coefficient (Wildman–Crippen LogP) is 3.42. The van der Waals surface area contributed by atoms with E-state index in [0.717, 1.165) is 69.6 Å². The standard InChI is InChI=1S/C19H35N5O.HI/c1-5-20-19(21-13-9-10-14-25-8-4)23-16-17-11-12-18(22-15-17)24(6-2)7-3;/h11-12,15H,5-10,13-14,16H2,1-4H3,(H2,20,21,23);1H. The third kappa shape index (κ3) is 10.2. The summed E-state index contributed by atoms with van der Waals surface area (Å²) in [6.45, 7) is 14.3. The van der Waals surface area contributed by atoms with Crippen LogP contribution in [-0.4, -0.2) is 50.3 Å². The van der Waals surface area contributed by atoms with Crippen molar-refractivity contribution in [3.8, 4) is 0 Å². The minimum Gasteiger partial charge on any atom is -0.382 e. The molecule has 0 aromatic carbocycles. The molecule has 6 nitrogen and oxygen atoms in total. The minimum atomic E-state index is 0. The quantitative estimate of drug-likeness (QED) is 0.209. The van der Waals surface area contributed by atoms with Crippen molar-refractivity contribution in [1.82, 2.24) is 15.6 Å². The van der Waals surface area contributed by atoms with Gasteiger partial charge in [-0.15, -0.1) is 24.0 Å². The van der Waals surface area contributed by atoms with Crippen LogP contribution >= 0.6 is 24.0 Å². The summed E-state index contributed by atoms with van der Waals surface area (Å²) in [6.07, 6.45) is 4.06. The molecule has 0 atom stereocenters. The van der Waals surface area contributed by atoms with Crippen LogP contribution in [0, 0.1) is 0 Å². The second-order valence-electron chi connectivity index (χ2n) is 5.72. The number of unbranched alkanes of at least 4 members (excludes halogenated alkanes) is 1. The molecule has 26 heavy (non-hydrogen) atoms. The van der Waals surface area contributed by atoms with Gasteiger partial charge in [0.15, 0.2) is 5.96 Å². The summed E-state index contributed by atoms with van der Waals surface area (Å²) >= 11 is 0. The highest BCUT2D eigenvalue weighted by molar-refractivity contribution is 14.0. The lowest BCUT2D eigenvalue weighted by atomic mass is 10.3. The molecular weight excluding hydrogens is 441 g/mol. The highest BCUT2D eigenvalue weighted by Gasteiger charge is 2.03. The predicted molar refractivity (Wildman–Crippen MR) is 122 cm³/mol. The number of halogens is 1. The van der Waals surface area contributed by atoms with Gasteiger partial charge in [0.05, 0.1) is 6.54 Å². The van der Waals surface area contributed by atoms with Crippen molar-refractivity contribution in [3.63, 3.8) is 0 Å². The highest BCUT2D eigenvalue weighted by Crippen LogP contribution is 2.11. The van der Waals surface area contributed by atoms with Gasteiger partial charge < -0.3 is 20.3 Å². The van der Waals surface area contributed by atoms with Crippen LogP contribution in [0.25, 0.3) is 0 Å². The first kappa shape index (κ1) is 24.9. The van der Waals surface area contributed by atoms with Gasteiger partial charge >= 0.3 is 0 Å². The van der Waals surface area contributed by atoms with Gasteiger partial charge in [0, 0.05) is 45.6 Å². The third-order valence-electron chi connectivity index (χ3n) is 3.87. The molecule has 2 N–H and O–H groups in total. The summed E-state index contributed by atoms with van der Waals surface area (Å²) in [7, 11) is 0. The lowest BCUT2D eigenvalue weighted by molar-refractivity contribution is 0.143. The fraction of sp³-hybridized carbons (Fsp3) is 0.684. The first-order valence-corrected chi connectivity index (χ1v) is 9.54. The smallest absolute Gasteiger partial charge is 0.191 e. The number of anilines is 1. The van der Waals surface area contributed by atoms with Crippen molar-refractivity contribution >= 4 is 35.8 Å². The SMILES string of the molecule is CCNC(=NCc1ccc(N(CC)CC)nc1)NCCCCOCC.I. The van der Waals surface area contributed by atoms with Gasteiger partial charge in [0.1, 0.15) is 5.82 Å². The van der Waals surface area contributed by atoms with Crippen molar-refractivity contribution in [3.05, 3.63) is 23.9 Å². The number of hydrogen-bond acceptors (Lipinski definition) is 4. The molecule has 0 aliphatic rings. The van der Waals surface area contributed by atoms with E-state index in [1.54, 1.807) is 0 Å². The third-order valence-corrected chi connectivity index (χ3v) is 3.87. The first-order valence-electron chi connectivity index (χ1n) is 9.54. The molecule has 0 fully saturated rings. The lowest BCUT2D eigenvalue weighted by Crippen LogP contribution is -2.37. The van der Waals surface area contributed by atoms with E-state index in [2.05, 4.69) is 58.4 Å². The molecule has 0 amide bonds. The van der Waals surface area contributed by atoms with E-state index in [4.69, 9.17) is 4.74 Å². The summed E-state index contributed by atoms with van der Waals surface area (Å²) in [6, 6.07) is 4.18. The molecule has 1 heterocycles. The normalized spacial score (nSPS) is 11.0. The number of aromatic nitrogens is 1. The lowest BCUT2D eigenvalue weighted by Gasteiger charge is -2.19. The van der Waals surface area contributed by atoms with Crippen LogP contribution in [0.3, 0.4) is 0 Å². The average molecular weight is 477 g/mol. The van der Waals surface area contributed by atoms with Gasteiger partial charge in [0.25, 0.3) is 0 Å². The monoisotopic (exact) mass is 477 g/mol. The molecule has 1 aromatic heterocycles. The van der Waals surface area contributed by atoms with Gasteiger partial charge in [-0.1, -0.05) is 6.07 Å². The Bertz CT molecular complexity index is 477. The molecule has 0 spiro atoms. The van der Waals surface area contributed by atoms with Gasteiger partial charge in [-0.05, 0) is 52.2 Å². The zero-order valence-electron chi connectivity index (χ0n) is 16.8. The molecule has 0 saturated heterocycles. The van der Waals surface area contributed by atoms with Crippen molar-refractivity contribution in [2.24, 2.45) is 4.99 Å². The van der Waals surface area contributed by atoms with E-state index >= 15 is 0 Å². The largest absolute Gasteiger partial charge is 0.382 e. The van der Waals surface area contributed by atoms with Crippen LogP contribution in [0.1, 0.15) is 46.1 Å². The highest BCUT2D eigenvalue weighted by atomic mass is 127. The number of aliphatic imine (C=N–C) groups is 1. The molecule has 150 valence electrons. The Kier molecular flexibility index (Phi) is 15.4. The summed E-state index contributed by atoms with van der Waals surface area (Å²) in [5.74, 6) is 1.88. The molecule has 0 aliphatic heterocycles. The Morgan fingerprint density at radius 2 is 1.88 bits per heavy atom. The second-order valence-corrected chi connectivity index (χ2v) is 5.72. The number of ether oxygens (including phenoxy) is 1. The van der Waals surface area contributed by atoms with E-state index in [1.165, 1.54) is 0 Å². The number of rotatable bonds is 12. The molecule has 0 unspecified atom stereocenters. The zero-order chi connectivity index (χ0) is 18.3. The van der Waals surface area contributed by atoms with E-state index < -0.39 is 0 Å². The van der Waals surface area contributed by atoms with Crippen LogP contribution < -0.4 is 15.5 Å². The van der Waals surface area contributed by atoms with E-state index in [0.29, 0.717) is 6.54 Å². The van der Waals surface area contributed by atoms with E-state index in [1.807, 2.05) is 13.1 Å². The van der Waals surface area contributed by atoms with Crippen LogP contribution in [0.2, 0.25) is 0 Å². The number of nitrogens with one attached hydrogen (secondary N) is 2. The van der Waals surface area contributed by atoms with Crippen molar-refractivity contribution in [1.29, 1.82) is 0 Å². The fourth-order valence-corrected chi connectivity index (χ4v) is 2.44.